The fourth-order valence-corrected chi connectivity index (χ4v) is 7.82. The SMILES string of the molecule is CC(=O)ON=C(N)c1cccc(CC(NS(=O)(=O)c2c(C(C)C)cc(C(C)C)cc2C(C)C)C(=O)N2CCN(c3ccccc3)CC2)c1. The zero-order valence-corrected chi connectivity index (χ0v) is 29.9. The van der Waals surface area contributed by atoms with Gasteiger partial charge in [-0.25, -0.2) is 13.2 Å². The van der Waals surface area contributed by atoms with Crippen molar-refractivity contribution in [2.24, 2.45) is 10.9 Å². The van der Waals surface area contributed by atoms with Crippen LogP contribution in [0.2, 0.25) is 0 Å². The number of para-hydroxylation sites is 1. The van der Waals surface area contributed by atoms with Crippen LogP contribution in [0.15, 0.2) is 76.8 Å². The molecule has 0 aliphatic carbocycles. The lowest BCUT2D eigenvalue weighted by atomic mass is 9.89. The minimum absolute atomic E-state index is 0.0130. The first-order valence-electron chi connectivity index (χ1n) is 16.6. The minimum atomic E-state index is -4.17. The van der Waals surface area contributed by atoms with Crippen LogP contribution in [-0.4, -0.2) is 63.3 Å². The average molecular weight is 676 g/mol. The fourth-order valence-electron chi connectivity index (χ4n) is 5.93. The summed E-state index contributed by atoms with van der Waals surface area (Å²) in [5.74, 6) is -0.828. The number of amidine groups is 1. The minimum Gasteiger partial charge on any atom is -0.380 e. The van der Waals surface area contributed by atoms with Crippen molar-refractivity contribution in [1.82, 2.24) is 9.62 Å². The second-order valence-electron chi connectivity index (χ2n) is 13.3. The second-order valence-corrected chi connectivity index (χ2v) is 14.9. The van der Waals surface area contributed by atoms with Gasteiger partial charge in [-0.1, -0.05) is 95.2 Å². The molecule has 3 aromatic rings. The van der Waals surface area contributed by atoms with Crippen LogP contribution in [-0.2, 0) is 30.9 Å². The highest BCUT2D eigenvalue weighted by Gasteiger charge is 2.34. The maximum absolute atomic E-state index is 14.5. The van der Waals surface area contributed by atoms with Crippen molar-refractivity contribution in [3.63, 3.8) is 0 Å². The quantitative estimate of drug-likeness (QED) is 0.112. The lowest BCUT2D eigenvalue weighted by Crippen LogP contribution is -2.55. The number of oxime groups is 1. The molecule has 258 valence electrons. The average Bonchev–Trinajstić information content (AvgIpc) is 3.06. The molecule has 4 rings (SSSR count). The summed E-state index contributed by atoms with van der Waals surface area (Å²) in [5.41, 5.74) is 10.8. The highest BCUT2D eigenvalue weighted by molar-refractivity contribution is 7.89. The number of benzene rings is 3. The van der Waals surface area contributed by atoms with Gasteiger partial charge in [0.2, 0.25) is 15.9 Å². The summed E-state index contributed by atoms with van der Waals surface area (Å²) in [4.78, 5) is 34.5. The molecule has 48 heavy (non-hydrogen) atoms. The van der Waals surface area contributed by atoms with E-state index in [4.69, 9.17) is 10.6 Å². The number of anilines is 1. The molecule has 3 aromatic carbocycles. The Kier molecular flexibility index (Phi) is 12.0. The van der Waals surface area contributed by atoms with Crippen molar-refractivity contribution in [2.45, 2.75) is 83.6 Å². The Morgan fingerprint density at radius 2 is 1.46 bits per heavy atom. The van der Waals surface area contributed by atoms with Crippen molar-refractivity contribution in [3.05, 3.63) is 94.5 Å². The fraction of sp³-hybridized carbons (Fsp3) is 0.432. The molecule has 10 nitrogen and oxygen atoms in total. The zero-order valence-electron chi connectivity index (χ0n) is 29.1. The van der Waals surface area contributed by atoms with E-state index >= 15 is 0 Å². The normalized spacial score (nSPS) is 14.9. The Morgan fingerprint density at radius 3 is 2.00 bits per heavy atom. The van der Waals surface area contributed by atoms with Gasteiger partial charge in [-0.05, 0) is 64.6 Å². The van der Waals surface area contributed by atoms with E-state index in [2.05, 4.69) is 28.6 Å². The van der Waals surface area contributed by atoms with Crippen LogP contribution in [0.25, 0.3) is 0 Å². The van der Waals surface area contributed by atoms with Gasteiger partial charge in [-0.2, -0.15) is 4.72 Å². The van der Waals surface area contributed by atoms with Crippen LogP contribution in [0.3, 0.4) is 0 Å². The summed E-state index contributed by atoms with van der Waals surface area (Å²) in [7, 11) is -4.17. The zero-order chi connectivity index (χ0) is 35.2. The third-order valence-corrected chi connectivity index (χ3v) is 10.2. The third-order valence-electron chi connectivity index (χ3n) is 8.59. The van der Waals surface area contributed by atoms with E-state index in [-0.39, 0.29) is 40.8 Å². The van der Waals surface area contributed by atoms with Gasteiger partial charge < -0.3 is 20.4 Å². The van der Waals surface area contributed by atoms with Crippen LogP contribution in [0.5, 0.6) is 0 Å². The summed E-state index contributed by atoms with van der Waals surface area (Å²) in [5, 5.41) is 3.68. The smallest absolute Gasteiger partial charge is 0.332 e. The lowest BCUT2D eigenvalue weighted by Gasteiger charge is -2.37. The number of carbonyl (C=O) groups excluding carboxylic acids is 2. The van der Waals surface area contributed by atoms with Crippen LogP contribution in [0, 0.1) is 0 Å². The summed E-state index contributed by atoms with van der Waals surface area (Å²) in [6.07, 6.45) is 0.0732. The van der Waals surface area contributed by atoms with Crippen LogP contribution in [0.1, 0.15) is 94.0 Å². The van der Waals surface area contributed by atoms with E-state index in [1.54, 1.807) is 29.2 Å². The molecule has 1 unspecified atom stereocenters. The molecule has 1 atom stereocenters. The molecule has 1 saturated heterocycles. The first-order chi connectivity index (χ1) is 22.7. The summed E-state index contributed by atoms with van der Waals surface area (Å²) in [6.45, 7) is 15.5. The molecule has 0 radical (unpaired) electrons. The number of nitrogens with two attached hydrogens (primary N) is 1. The number of hydrogen-bond acceptors (Lipinski definition) is 7. The van der Waals surface area contributed by atoms with Crippen molar-refractivity contribution >= 4 is 33.4 Å². The maximum Gasteiger partial charge on any atom is 0.332 e. The van der Waals surface area contributed by atoms with E-state index in [1.165, 1.54) is 6.92 Å². The van der Waals surface area contributed by atoms with Gasteiger partial charge in [0.15, 0.2) is 5.84 Å². The van der Waals surface area contributed by atoms with E-state index in [0.717, 1.165) is 22.4 Å². The first-order valence-corrected chi connectivity index (χ1v) is 18.1. The number of nitrogens with zero attached hydrogens (tertiary/aromatic N) is 3. The summed E-state index contributed by atoms with van der Waals surface area (Å²) < 4.78 is 31.9. The van der Waals surface area contributed by atoms with Gasteiger partial charge in [0.25, 0.3) is 0 Å². The Hall–Kier alpha value is -4.22. The second kappa shape index (κ2) is 15.8. The van der Waals surface area contributed by atoms with Crippen LogP contribution >= 0.6 is 0 Å². The highest BCUT2D eigenvalue weighted by Crippen LogP contribution is 2.35. The number of carbonyl (C=O) groups is 2. The summed E-state index contributed by atoms with van der Waals surface area (Å²) >= 11 is 0. The third kappa shape index (κ3) is 9.02. The Morgan fingerprint density at radius 1 is 0.854 bits per heavy atom. The molecule has 11 heteroatoms. The van der Waals surface area contributed by atoms with Crippen molar-refractivity contribution in [3.8, 4) is 0 Å². The molecule has 3 N–H and O–H groups in total. The van der Waals surface area contributed by atoms with Crippen LogP contribution in [0.4, 0.5) is 5.69 Å². The van der Waals surface area contributed by atoms with E-state index in [9.17, 15) is 18.0 Å². The topological polar surface area (TPSA) is 134 Å². The standard InChI is InChI=1S/C37H49N5O5S/c1-24(2)30-22-32(25(3)4)35(33(23-30)26(5)6)48(45,46)40-34(21-28-12-11-13-29(20-28)36(38)39-47-27(7)43)37(44)42-18-16-41(17-19-42)31-14-9-8-10-15-31/h8-15,20,22-26,34,40H,16-19,21H2,1-7H3,(H2,38,39). The van der Waals surface area contributed by atoms with E-state index in [1.807, 2.05) is 70.2 Å². The molecule has 1 aliphatic heterocycles. The van der Waals surface area contributed by atoms with Gasteiger partial charge in [0.05, 0.1) is 4.90 Å². The van der Waals surface area contributed by atoms with Gasteiger partial charge in [-0.3, -0.25) is 4.79 Å². The molecular formula is C37H49N5O5S. The number of nitrogens with one attached hydrogen (secondary N) is 1. The highest BCUT2D eigenvalue weighted by atomic mass is 32.2. The number of rotatable bonds is 12. The van der Waals surface area contributed by atoms with Gasteiger partial charge in [0, 0.05) is 44.4 Å². The molecule has 0 saturated carbocycles. The largest absolute Gasteiger partial charge is 0.380 e. The lowest BCUT2D eigenvalue weighted by molar-refractivity contribution is -0.141. The predicted octanol–water partition coefficient (Wildman–Crippen LogP) is 5.48. The summed E-state index contributed by atoms with van der Waals surface area (Å²) in [6, 6.07) is 19.9. The van der Waals surface area contributed by atoms with Crippen molar-refractivity contribution in [1.29, 1.82) is 0 Å². The van der Waals surface area contributed by atoms with Gasteiger partial charge in [-0.15, -0.1) is 0 Å². The first kappa shape index (κ1) is 36.6. The maximum atomic E-state index is 14.5. The van der Waals surface area contributed by atoms with E-state index < -0.39 is 22.0 Å². The predicted molar refractivity (Wildman–Crippen MR) is 191 cm³/mol. The molecular weight excluding hydrogens is 627 g/mol. The van der Waals surface area contributed by atoms with Gasteiger partial charge >= 0.3 is 5.97 Å². The molecule has 0 spiro atoms. The Balaban J connectivity index is 1.72. The Labute approximate surface area is 285 Å². The molecule has 0 aromatic heterocycles. The molecule has 1 heterocycles. The number of hydrogen-bond donors (Lipinski definition) is 2. The molecule has 0 bridgehead atoms. The van der Waals surface area contributed by atoms with Crippen molar-refractivity contribution < 1.29 is 22.8 Å². The molecule has 1 fully saturated rings. The number of piperazine rings is 1. The van der Waals surface area contributed by atoms with E-state index in [0.29, 0.717) is 37.3 Å². The number of amides is 1. The molecule has 1 aliphatic rings. The Bertz CT molecular complexity index is 1700. The monoisotopic (exact) mass is 675 g/mol. The van der Waals surface area contributed by atoms with Gasteiger partial charge in [0.1, 0.15) is 6.04 Å². The van der Waals surface area contributed by atoms with Crippen molar-refractivity contribution in [2.75, 3.05) is 31.1 Å². The number of sulfonamides is 1. The molecule has 1 amide bonds. The van der Waals surface area contributed by atoms with Crippen LogP contribution < -0.4 is 15.4 Å².